The molecule has 9 aliphatic rings. The summed E-state index contributed by atoms with van der Waals surface area (Å²) in [7, 11) is 0. The highest BCUT2D eigenvalue weighted by Crippen LogP contribution is 2.70. The molecule has 74 heavy (non-hydrogen) atoms. The second-order valence-corrected chi connectivity index (χ2v) is 23.9. The van der Waals surface area contributed by atoms with Crippen LogP contribution in [0.3, 0.4) is 0 Å². The largest absolute Gasteiger partial charge is 0.394 e. The molecular weight excluding hydrogens is 981 g/mol. The van der Waals surface area contributed by atoms with Crippen LogP contribution in [-0.4, -0.2) is 239 Å². The zero-order valence-corrected chi connectivity index (χ0v) is 42.9. The van der Waals surface area contributed by atoms with Crippen molar-refractivity contribution >= 4 is 0 Å². The van der Waals surface area contributed by atoms with E-state index in [0.717, 1.165) is 32.1 Å². The summed E-state index contributed by atoms with van der Waals surface area (Å²) in [5, 5.41) is 148. The van der Waals surface area contributed by atoms with Crippen molar-refractivity contribution in [1.82, 2.24) is 0 Å². The SMILES string of the molecule is C[C@H](CC[C@]1(O)O[C@H]2C[C@H]3[C@@H]4CC=C5C[C@H](O[C@H]6O[C@@H](CO[C@H]7O[C@@H](CO)[C@H](O)[C@@H](O)[C@@H]7O[C@H]7O[C@@H](C)[C@H](O)[C@@H](O)[C@@H]7O)[C@H](O)[C@@H](O)[C@@H]6O)CC[C@@]5(C)[C@H]4CC[C@@]3(C)[C@H]2[C@@H]1C)CO[C@H]1O[C@@H](CO)[C@H](O)[C@@H](O)[C@@H]1O. The monoisotopic (exact) mass is 1060 g/mol. The minimum absolute atomic E-state index is 0.0482. The summed E-state index contributed by atoms with van der Waals surface area (Å²) in [6, 6.07) is 0. The first kappa shape index (κ1) is 57.5. The highest BCUT2D eigenvalue weighted by Gasteiger charge is 2.68. The lowest BCUT2D eigenvalue weighted by Crippen LogP contribution is -2.64. The predicted molar refractivity (Wildman–Crippen MR) is 250 cm³/mol. The third-order valence-electron chi connectivity index (χ3n) is 19.5. The summed E-state index contributed by atoms with van der Waals surface area (Å²) in [6.45, 7) is 8.56. The molecule has 31 atom stereocenters. The molecule has 0 aromatic rings. The van der Waals surface area contributed by atoms with E-state index < -0.39 is 155 Å². The summed E-state index contributed by atoms with van der Waals surface area (Å²) in [4.78, 5) is 0. The molecule has 23 nitrogen and oxygen atoms in total. The van der Waals surface area contributed by atoms with E-state index in [1.165, 1.54) is 12.5 Å². The van der Waals surface area contributed by atoms with Gasteiger partial charge in [-0.25, -0.2) is 0 Å². The Morgan fingerprint density at radius 1 is 0.649 bits per heavy atom. The summed E-state index contributed by atoms with van der Waals surface area (Å²) in [5.74, 6) is -0.167. The van der Waals surface area contributed by atoms with Crippen LogP contribution in [-0.2, 0) is 42.6 Å². The van der Waals surface area contributed by atoms with Gasteiger partial charge in [-0.1, -0.05) is 39.3 Å². The normalized spacial score (nSPS) is 54.9. The lowest BCUT2D eigenvalue weighted by molar-refractivity contribution is -0.371. The van der Waals surface area contributed by atoms with Crippen LogP contribution in [0.15, 0.2) is 11.6 Å². The fourth-order valence-corrected chi connectivity index (χ4v) is 14.9. The van der Waals surface area contributed by atoms with Crippen molar-refractivity contribution in [2.45, 2.75) is 233 Å². The molecule has 0 spiro atoms. The quantitative estimate of drug-likeness (QED) is 0.0727. The highest BCUT2D eigenvalue weighted by molar-refractivity contribution is 5.26. The van der Waals surface area contributed by atoms with E-state index >= 15 is 0 Å². The second-order valence-electron chi connectivity index (χ2n) is 23.9. The molecule has 0 aromatic heterocycles. The second kappa shape index (κ2) is 22.4. The molecule has 5 heterocycles. The van der Waals surface area contributed by atoms with Crippen molar-refractivity contribution in [2.24, 2.45) is 46.3 Å². The zero-order valence-electron chi connectivity index (χ0n) is 42.9. The molecule has 14 N–H and O–H groups in total. The minimum Gasteiger partial charge on any atom is -0.394 e. The van der Waals surface area contributed by atoms with Gasteiger partial charge in [-0.2, -0.15) is 0 Å². The van der Waals surface area contributed by atoms with Crippen molar-refractivity contribution < 1.29 is 114 Å². The van der Waals surface area contributed by atoms with Crippen LogP contribution < -0.4 is 0 Å². The van der Waals surface area contributed by atoms with Gasteiger partial charge < -0.3 is 114 Å². The van der Waals surface area contributed by atoms with E-state index in [9.17, 15) is 71.5 Å². The van der Waals surface area contributed by atoms with Gasteiger partial charge in [-0.15, -0.1) is 0 Å². The fourth-order valence-electron chi connectivity index (χ4n) is 14.9. The van der Waals surface area contributed by atoms with E-state index in [1.54, 1.807) is 0 Å². The standard InChI is InChI=1S/C51H84O23/c1-20(18-66-45-41(62)38(59)34(55)29(16-52)70-45)8-13-51(65)21(2)32-28(74-51)15-27-25-7-6-23-14-24(9-11-49(23,4)26(25)10-12-50(27,32)5)69-47-43(64)39(60)36(57)31(72-47)19-67-48-44(40(61)35(56)30(17-53)71-48)73-46-42(63)37(58)33(54)22(3)68-46/h6,20-22,24-48,52-65H,7-19H2,1-5H3/t20-,21+,22+,24-,25-,26+,27+,28+,29+,30+,31+,32+,33+,34+,35+,36+,37-,38-,39-,40-,41+,42+,43+,44+,45+,46-,47+,48+,49-,50-,51+/m1/s1. The molecule has 0 aromatic carbocycles. The number of aliphatic hydroxyl groups is 14. The smallest absolute Gasteiger partial charge is 0.187 e. The molecule has 3 saturated carbocycles. The van der Waals surface area contributed by atoms with Crippen LogP contribution in [0.4, 0.5) is 0 Å². The molecule has 0 bridgehead atoms. The topological polar surface area (TPSA) is 366 Å². The Kier molecular flexibility index (Phi) is 17.4. The number of fused-ring (bicyclic) bond motifs is 7. The first-order chi connectivity index (χ1) is 35.0. The molecule has 23 heteroatoms. The molecule has 0 unspecified atom stereocenters. The van der Waals surface area contributed by atoms with Gasteiger partial charge in [0.1, 0.15) is 91.6 Å². The van der Waals surface area contributed by atoms with Crippen molar-refractivity contribution in [3.8, 4) is 0 Å². The third-order valence-corrected chi connectivity index (χ3v) is 19.5. The number of allylic oxidation sites excluding steroid dienone is 1. The number of ether oxygens (including phenoxy) is 9. The average molecular weight is 1070 g/mol. The van der Waals surface area contributed by atoms with Crippen LogP contribution in [0.1, 0.15) is 92.4 Å². The molecule has 5 saturated heterocycles. The summed E-state index contributed by atoms with van der Waals surface area (Å²) >= 11 is 0. The maximum absolute atomic E-state index is 12.1. The molecule has 426 valence electrons. The van der Waals surface area contributed by atoms with Crippen LogP contribution in [0.25, 0.3) is 0 Å². The first-order valence-electron chi connectivity index (χ1n) is 26.9. The van der Waals surface area contributed by atoms with Crippen LogP contribution in [0, 0.1) is 46.3 Å². The Labute approximate surface area is 430 Å². The van der Waals surface area contributed by atoms with Crippen LogP contribution in [0.2, 0.25) is 0 Å². The van der Waals surface area contributed by atoms with E-state index in [2.05, 4.69) is 26.8 Å². The molecule has 8 fully saturated rings. The van der Waals surface area contributed by atoms with Gasteiger partial charge in [0.15, 0.2) is 30.9 Å². The van der Waals surface area contributed by atoms with Gasteiger partial charge in [-0.05, 0) is 98.7 Å². The lowest BCUT2D eigenvalue weighted by atomic mass is 9.47. The first-order valence-corrected chi connectivity index (χ1v) is 26.9. The van der Waals surface area contributed by atoms with E-state index in [-0.39, 0.29) is 41.3 Å². The van der Waals surface area contributed by atoms with Crippen molar-refractivity contribution in [2.75, 3.05) is 26.4 Å². The number of hydrogen-bond donors (Lipinski definition) is 14. The Hall–Kier alpha value is -1.18. The van der Waals surface area contributed by atoms with Gasteiger partial charge in [0.2, 0.25) is 0 Å². The maximum Gasteiger partial charge on any atom is 0.187 e. The Morgan fingerprint density at radius 2 is 1.24 bits per heavy atom. The fraction of sp³-hybridized carbons (Fsp3) is 0.961. The highest BCUT2D eigenvalue weighted by atomic mass is 16.8. The zero-order chi connectivity index (χ0) is 53.5. The van der Waals surface area contributed by atoms with Gasteiger partial charge in [0.05, 0.1) is 44.7 Å². The molecule has 5 aliphatic heterocycles. The number of hydrogen-bond acceptors (Lipinski definition) is 23. The number of aliphatic hydroxyl groups excluding tert-OH is 13. The Balaban J connectivity index is 0.792. The van der Waals surface area contributed by atoms with Crippen LogP contribution in [0.5, 0.6) is 0 Å². The van der Waals surface area contributed by atoms with Gasteiger partial charge in [0.25, 0.3) is 0 Å². The number of rotatable bonds is 15. The summed E-state index contributed by atoms with van der Waals surface area (Å²) in [6.07, 6.45) is -21.5. The van der Waals surface area contributed by atoms with E-state index in [1.807, 2.05) is 6.92 Å². The Morgan fingerprint density at radius 3 is 1.92 bits per heavy atom. The lowest BCUT2D eigenvalue weighted by Gasteiger charge is -2.58. The van der Waals surface area contributed by atoms with Crippen molar-refractivity contribution in [3.63, 3.8) is 0 Å². The third kappa shape index (κ3) is 10.3. The minimum atomic E-state index is -1.78. The Bertz CT molecular complexity index is 1920. The molecular formula is C51H84O23. The molecule has 9 rings (SSSR count). The van der Waals surface area contributed by atoms with Gasteiger partial charge >= 0.3 is 0 Å². The summed E-state index contributed by atoms with van der Waals surface area (Å²) < 4.78 is 53.4. The molecule has 4 aliphatic carbocycles. The summed E-state index contributed by atoms with van der Waals surface area (Å²) in [5.41, 5.74) is 1.11. The molecule has 0 radical (unpaired) electrons. The maximum atomic E-state index is 12.1. The van der Waals surface area contributed by atoms with Gasteiger partial charge in [0, 0.05) is 12.3 Å². The van der Waals surface area contributed by atoms with E-state index in [0.29, 0.717) is 43.4 Å². The average Bonchev–Trinajstić information content (AvgIpc) is 3.82. The van der Waals surface area contributed by atoms with Crippen molar-refractivity contribution in [3.05, 3.63) is 11.6 Å². The van der Waals surface area contributed by atoms with Crippen LogP contribution >= 0.6 is 0 Å². The van der Waals surface area contributed by atoms with Gasteiger partial charge in [-0.3, -0.25) is 0 Å². The molecule has 0 amide bonds. The van der Waals surface area contributed by atoms with Crippen molar-refractivity contribution in [1.29, 1.82) is 0 Å². The predicted octanol–water partition coefficient (Wildman–Crippen LogP) is -3.01. The van der Waals surface area contributed by atoms with E-state index in [4.69, 9.17) is 42.6 Å².